The number of carbonyl (C=O) groups is 2. The van der Waals surface area contributed by atoms with Gasteiger partial charge in [-0.25, -0.2) is 4.79 Å². The molecule has 0 saturated carbocycles. The zero-order valence-corrected chi connectivity index (χ0v) is 14.7. The predicted octanol–water partition coefficient (Wildman–Crippen LogP) is 2.35. The molecule has 2 saturated heterocycles. The van der Waals surface area contributed by atoms with E-state index in [1.807, 2.05) is 17.9 Å². The lowest BCUT2D eigenvalue weighted by Gasteiger charge is -2.32. The molecular formula is C18H26N4O3. The van der Waals surface area contributed by atoms with Crippen molar-refractivity contribution in [2.75, 3.05) is 38.1 Å². The number of carbonyl (C=O) groups excluding carboxylic acids is 2. The summed E-state index contributed by atoms with van der Waals surface area (Å²) in [5.41, 5.74) is 1.50. The monoisotopic (exact) mass is 346 g/mol. The van der Waals surface area contributed by atoms with Gasteiger partial charge in [-0.1, -0.05) is 0 Å². The first-order valence-electron chi connectivity index (χ1n) is 9.10. The van der Waals surface area contributed by atoms with Gasteiger partial charge in [0.15, 0.2) is 0 Å². The van der Waals surface area contributed by atoms with Gasteiger partial charge in [0.05, 0.1) is 17.9 Å². The number of anilines is 1. The van der Waals surface area contributed by atoms with E-state index in [9.17, 15) is 9.59 Å². The Kier molecular flexibility index (Phi) is 5.73. The summed E-state index contributed by atoms with van der Waals surface area (Å²) in [6.45, 7) is 5.24. The summed E-state index contributed by atoms with van der Waals surface area (Å²) < 4.78 is 5.04. The number of ether oxygens (including phenoxy) is 1. The first-order chi connectivity index (χ1) is 12.2. The van der Waals surface area contributed by atoms with Crippen molar-refractivity contribution in [2.45, 2.75) is 38.6 Å². The smallest absolute Gasteiger partial charge is 0.409 e. The molecule has 2 aliphatic heterocycles. The summed E-state index contributed by atoms with van der Waals surface area (Å²) in [5.74, 6) is 0.0609. The standard InChI is InChI=1S/C18H26N4O3/c1-2-25-18(24)22-9-5-15(6-10-22)20-16-11-14(12-19-13-16)17(23)21-7-3-4-8-21/h11-13,15,20H,2-10H2,1H3. The van der Waals surface area contributed by atoms with Gasteiger partial charge >= 0.3 is 6.09 Å². The lowest BCUT2D eigenvalue weighted by molar-refractivity contribution is 0.0792. The van der Waals surface area contributed by atoms with Crippen LogP contribution in [0, 0.1) is 0 Å². The molecule has 0 bridgehead atoms. The fraction of sp³-hybridized carbons (Fsp3) is 0.611. The summed E-state index contributed by atoms with van der Waals surface area (Å²) in [7, 11) is 0. The van der Waals surface area contributed by atoms with Gasteiger partial charge in [0, 0.05) is 44.6 Å². The van der Waals surface area contributed by atoms with Crippen LogP contribution in [0.5, 0.6) is 0 Å². The van der Waals surface area contributed by atoms with Crippen molar-refractivity contribution < 1.29 is 14.3 Å². The van der Waals surface area contributed by atoms with E-state index >= 15 is 0 Å². The molecular weight excluding hydrogens is 320 g/mol. The fourth-order valence-corrected chi connectivity index (χ4v) is 3.40. The number of piperidine rings is 1. The van der Waals surface area contributed by atoms with E-state index in [0.29, 0.717) is 25.3 Å². The van der Waals surface area contributed by atoms with Crippen LogP contribution in [0.1, 0.15) is 43.0 Å². The van der Waals surface area contributed by atoms with Crippen molar-refractivity contribution in [2.24, 2.45) is 0 Å². The van der Waals surface area contributed by atoms with Crippen molar-refractivity contribution in [3.63, 3.8) is 0 Å². The lowest BCUT2D eigenvalue weighted by Crippen LogP contribution is -2.42. The number of pyridine rings is 1. The number of nitrogens with one attached hydrogen (secondary N) is 1. The molecule has 0 radical (unpaired) electrons. The molecule has 0 aromatic carbocycles. The molecule has 25 heavy (non-hydrogen) atoms. The number of likely N-dealkylation sites (tertiary alicyclic amines) is 2. The first kappa shape index (κ1) is 17.5. The number of rotatable bonds is 4. The maximum absolute atomic E-state index is 12.5. The van der Waals surface area contributed by atoms with E-state index < -0.39 is 0 Å². The SMILES string of the molecule is CCOC(=O)N1CCC(Nc2cncc(C(=O)N3CCCC3)c2)CC1. The van der Waals surface area contributed by atoms with Crippen LogP contribution < -0.4 is 5.32 Å². The summed E-state index contributed by atoms with van der Waals surface area (Å²) in [6, 6.07) is 2.15. The molecule has 0 spiro atoms. The molecule has 0 atom stereocenters. The topological polar surface area (TPSA) is 74.8 Å². The van der Waals surface area contributed by atoms with Crippen LogP contribution in [0.3, 0.4) is 0 Å². The van der Waals surface area contributed by atoms with Gasteiger partial charge in [-0.15, -0.1) is 0 Å². The largest absolute Gasteiger partial charge is 0.450 e. The highest BCUT2D eigenvalue weighted by Gasteiger charge is 2.24. The Morgan fingerprint density at radius 2 is 1.88 bits per heavy atom. The molecule has 136 valence electrons. The van der Waals surface area contributed by atoms with Crippen LogP contribution in [0.15, 0.2) is 18.5 Å². The second-order valence-corrected chi connectivity index (χ2v) is 6.57. The zero-order valence-electron chi connectivity index (χ0n) is 14.7. The fourth-order valence-electron chi connectivity index (χ4n) is 3.40. The summed E-state index contributed by atoms with van der Waals surface area (Å²) >= 11 is 0. The van der Waals surface area contributed by atoms with Gasteiger partial charge in [0.2, 0.25) is 0 Å². The highest BCUT2D eigenvalue weighted by molar-refractivity contribution is 5.94. The van der Waals surface area contributed by atoms with E-state index in [0.717, 1.165) is 44.5 Å². The third-order valence-corrected chi connectivity index (χ3v) is 4.77. The summed E-state index contributed by atoms with van der Waals surface area (Å²) in [6.07, 6.45) is 7.01. The van der Waals surface area contributed by atoms with Gasteiger partial charge in [-0.2, -0.15) is 0 Å². The van der Waals surface area contributed by atoms with Gasteiger partial charge in [0.25, 0.3) is 5.91 Å². The molecule has 7 heteroatoms. The Balaban J connectivity index is 1.54. The molecule has 1 aromatic heterocycles. The van der Waals surface area contributed by atoms with Crippen LogP contribution in [-0.2, 0) is 4.74 Å². The van der Waals surface area contributed by atoms with Crippen molar-refractivity contribution in [3.8, 4) is 0 Å². The lowest BCUT2D eigenvalue weighted by atomic mass is 10.1. The molecule has 1 aromatic rings. The molecule has 2 amide bonds. The Morgan fingerprint density at radius 3 is 2.56 bits per heavy atom. The maximum atomic E-state index is 12.5. The quantitative estimate of drug-likeness (QED) is 0.906. The average molecular weight is 346 g/mol. The summed E-state index contributed by atoms with van der Waals surface area (Å²) in [4.78, 5) is 32.1. The first-order valence-corrected chi connectivity index (χ1v) is 9.10. The second-order valence-electron chi connectivity index (χ2n) is 6.57. The summed E-state index contributed by atoms with van der Waals surface area (Å²) in [5, 5.41) is 3.45. The van der Waals surface area contributed by atoms with E-state index in [4.69, 9.17) is 4.74 Å². The molecule has 7 nitrogen and oxygen atoms in total. The average Bonchev–Trinajstić information content (AvgIpc) is 3.17. The molecule has 0 aliphatic carbocycles. The van der Waals surface area contributed by atoms with Crippen LogP contribution in [0.2, 0.25) is 0 Å². The number of hydrogen-bond donors (Lipinski definition) is 1. The molecule has 2 aliphatic rings. The van der Waals surface area contributed by atoms with Gasteiger partial charge in [0.1, 0.15) is 0 Å². The molecule has 1 N–H and O–H groups in total. The minimum atomic E-state index is -0.235. The Bertz CT molecular complexity index is 608. The minimum absolute atomic E-state index is 0.0609. The molecule has 3 rings (SSSR count). The molecule has 3 heterocycles. The highest BCUT2D eigenvalue weighted by atomic mass is 16.6. The maximum Gasteiger partial charge on any atom is 0.409 e. The second kappa shape index (κ2) is 8.18. The molecule has 2 fully saturated rings. The Morgan fingerprint density at radius 1 is 1.16 bits per heavy atom. The van der Waals surface area contributed by atoms with Crippen molar-refractivity contribution in [1.82, 2.24) is 14.8 Å². The van der Waals surface area contributed by atoms with Crippen LogP contribution in [-0.4, -0.2) is 65.6 Å². The van der Waals surface area contributed by atoms with Crippen LogP contribution >= 0.6 is 0 Å². The zero-order chi connectivity index (χ0) is 17.6. The Labute approximate surface area is 148 Å². The normalized spacial score (nSPS) is 18.3. The van der Waals surface area contributed by atoms with E-state index in [1.54, 1.807) is 17.3 Å². The number of nitrogens with zero attached hydrogens (tertiary/aromatic N) is 3. The van der Waals surface area contributed by atoms with Crippen molar-refractivity contribution >= 4 is 17.7 Å². The third kappa shape index (κ3) is 4.41. The minimum Gasteiger partial charge on any atom is -0.450 e. The van der Waals surface area contributed by atoms with Gasteiger partial charge in [-0.3, -0.25) is 9.78 Å². The number of amides is 2. The third-order valence-electron chi connectivity index (χ3n) is 4.77. The van der Waals surface area contributed by atoms with Gasteiger partial charge in [-0.05, 0) is 38.7 Å². The van der Waals surface area contributed by atoms with E-state index in [2.05, 4.69) is 10.3 Å². The Hall–Kier alpha value is -2.31. The molecule has 0 unspecified atom stereocenters. The van der Waals surface area contributed by atoms with Crippen molar-refractivity contribution in [3.05, 3.63) is 24.0 Å². The van der Waals surface area contributed by atoms with Crippen LogP contribution in [0.25, 0.3) is 0 Å². The van der Waals surface area contributed by atoms with Crippen LogP contribution in [0.4, 0.5) is 10.5 Å². The van der Waals surface area contributed by atoms with E-state index in [1.165, 1.54) is 0 Å². The predicted molar refractivity (Wildman–Crippen MR) is 94.6 cm³/mol. The van der Waals surface area contributed by atoms with Crippen molar-refractivity contribution in [1.29, 1.82) is 0 Å². The number of aromatic nitrogens is 1. The number of hydrogen-bond acceptors (Lipinski definition) is 5. The highest BCUT2D eigenvalue weighted by Crippen LogP contribution is 2.19. The van der Waals surface area contributed by atoms with Gasteiger partial charge < -0.3 is 19.9 Å². The van der Waals surface area contributed by atoms with E-state index in [-0.39, 0.29) is 18.0 Å².